The first-order valence-corrected chi connectivity index (χ1v) is 7.66. The van der Waals surface area contributed by atoms with Crippen molar-refractivity contribution in [1.82, 2.24) is 4.72 Å². The minimum Gasteiger partial charge on any atom is -0.480 e. The van der Waals surface area contributed by atoms with Gasteiger partial charge in [0.15, 0.2) is 0 Å². The quantitative estimate of drug-likeness (QED) is 0.827. The predicted molar refractivity (Wildman–Crippen MR) is 72.3 cm³/mol. The van der Waals surface area contributed by atoms with Crippen LogP contribution in [-0.4, -0.2) is 25.5 Å². The van der Waals surface area contributed by atoms with E-state index >= 15 is 0 Å². The number of halogens is 1. The molecule has 8 heteroatoms. The summed E-state index contributed by atoms with van der Waals surface area (Å²) in [5.41, 5.74) is -0.640. The molecular weight excluding hydrogens is 299 g/mol. The molecule has 0 aliphatic rings. The molecule has 2 atom stereocenters. The number of benzene rings is 1. The highest BCUT2D eigenvalue weighted by atomic mass is 32.2. The maximum absolute atomic E-state index is 13.5. The van der Waals surface area contributed by atoms with Crippen LogP contribution in [-0.2, 0) is 14.8 Å². The monoisotopic (exact) mass is 314 g/mol. The molecular formula is C13H15FN2O4S. The molecule has 0 aromatic heterocycles. The molecule has 1 unspecified atom stereocenters. The molecule has 0 aliphatic heterocycles. The van der Waals surface area contributed by atoms with E-state index in [0.29, 0.717) is 6.42 Å². The zero-order valence-corrected chi connectivity index (χ0v) is 12.3. The van der Waals surface area contributed by atoms with Crippen LogP contribution in [0, 0.1) is 23.1 Å². The van der Waals surface area contributed by atoms with Crippen LogP contribution in [0.3, 0.4) is 0 Å². The highest BCUT2D eigenvalue weighted by Crippen LogP contribution is 2.19. The molecule has 1 rings (SSSR count). The van der Waals surface area contributed by atoms with Gasteiger partial charge in [-0.15, -0.1) is 0 Å². The molecule has 0 radical (unpaired) electrons. The average Bonchev–Trinajstić information content (AvgIpc) is 2.43. The summed E-state index contributed by atoms with van der Waals surface area (Å²) in [4.78, 5) is 10.6. The summed E-state index contributed by atoms with van der Waals surface area (Å²) in [6.07, 6.45) is 0.438. The standard InChI is InChI=1S/C13H15FN2O4S/c1-3-8(2)12(13(17)18)16-21(19,20)11-6-4-5-10(14)9(11)7-15/h4-6,8,12,16H,3H2,1-2H3,(H,17,18)/t8?,12-/m0/s1. The molecule has 0 spiro atoms. The van der Waals surface area contributed by atoms with E-state index in [0.717, 1.165) is 18.2 Å². The second kappa shape index (κ2) is 6.65. The Labute approximate surface area is 122 Å². The van der Waals surface area contributed by atoms with Gasteiger partial charge in [0.25, 0.3) is 0 Å². The van der Waals surface area contributed by atoms with Crippen LogP contribution in [0.1, 0.15) is 25.8 Å². The van der Waals surface area contributed by atoms with Crippen molar-refractivity contribution in [2.24, 2.45) is 5.92 Å². The minimum absolute atomic E-state index is 0.438. The van der Waals surface area contributed by atoms with Gasteiger partial charge in [-0.3, -0.25) is 4.79 Å². The summed E-state index contributed by atoms with van der Waals surface area (Å²) in [5.74, 6) is -2.77. The second-order valence-corrected chi connectivity index (χ2v) is 6.23. The summed E-state index contributed by atoms with van der Waals surface area (Å²) < 4.78 is 39.9. The van der Waals surface area contributed by atoms with Gasteiger partial charge in [0.05, 0.1) is 0 Å². The SMILES string of the molecule is CCC(C)[C@H](NS(=O)(=O)c1cccc(F)c1C#N)C(=O)O. The Hall–Kier alpha value is -1.98. The summed E-state index contributed by atoms with van der Waals surface area (Å²) in [7, 11) is -4.32. The average molecular weight is 314 g/mol. The van der Waals surface area contributed by atoms with Crippen molar-refractivity contribution in [3.63, 3.8) is 0 Å². The molecule has 1 aromatic rings. The van der Waals surface area contributed by atoms with Crippen molar-refractivity contribution < 1.29 is 22.7 Å². The molecule has 0 aliphatic carbocycles. The molecule has 0 bridgehead atoms. The zero-order valence-electron chi connectivity index (χ0n) is 11.5. The lowest BCUT2D eigenvalue weighted by molar-refractivity contribution is -0.140. The fraction of sp³-hybridized carbons (Fsp3) is 0.385. The van der Waals surface area contributed by atoms with Gasteiger partial charge < -0.3 is 5.11 Å². The van der Waals surface area contributed by atoms with Gasteiger partial charge in [0.2, 0.25) is 10.0 Å². The number of carbonyl (C=O) groups is 1. The first-order valence-electron chi connectivity index (χ1n) is 6.18. The maximum Gasteiger partial charge on any atom is 0.322 e. The number of nitrogens with zero attached hydrogens (tertiary/aromatic N) is 1. The summed E-state index contributed by atoms with van der Waals surface area (Å²) in [6, 6.07) is 3.28. The molecule has 21 heavy (non-hydrogen) atoms. The fourth-order valence-electron chi connectivity index (χ4n) is 1.71. The molecule has 0 fully saturated rings. The van der Waals surface area contributed by atoms with E-state index in [4.69, 9.17) is 10.4 Å². The maximum atomic E-state index is 13.5. The van der Waals surface area contributed by atoms with Crippen molar-refractivity contribution in [2.45, 2.75) is 31.2 Å². The number of sulfonamides is 1. The molecule has 0 heterocycles. The fourth-order valence-corrected chi connectivity index (χ4v) is 3.18. The van der Waals surface area contributed by atoms with E-state index in [-0.39, 0.29) is 0 Å². The number of nitrogens with one attached hydrogen (secondary N) is 1. The van der Waals surface area contributed by atoms with Crippen LogP contribution in [0.2, 0.25) is 0 Å². The molecule has 0 saturated carbocycles. The van der Waals surface area contributed by atoms with Gasteiger partial charge in [-0.1, -0.05) is 26.3 Å². The van der Waals surface area contributed by atoms with Crippen LogP contribution in [0.4, 0.5) is 4.39 Å². The molecule has 6 nitrogen and oxygen atoms in total. The Bertz CT molecular complexity index is 682. The van der Waals surface area contributed by atoms with E-state index in [1.54, 1.807) is 13.8 Å². The van der Waals surface area contributed by atoms with E-state index < -0.39 is 44.2 Å². The smallest absolute Gasteiger partial charge is 0.322 e. The normalized spacial score (nSPS) is 14.2. The van der Waals surface area contributed by atoms with E-state index in [1.165, 1.54) is 6.07 Å². The highest BCUT2D eigenvalue weighted by Gasteiger charge is 2.31. The summed E-state index contributed by atoms with van der Waals surface area (Å²) >= 11 is 0. The number of nitriles is 1. The lowest BCUT2D eigenvalue weighted by Gasteiger charge is -2.20. The Morgan fingerprint density at radius 1 is 1.52 bits per heavy atom. The van der Waals surface area contributed by atoms with Crippen molar-refractivity contribution in [1.29, 1.82) is 5.26 Å². The van der Waals surface area contributed by atoms with Crippen LogP contribution >= 0.6 is 0 Å². The third-order valence-electron chi connectivity index (χ3n) is 3.14. The van der Waals surface area contributed by atoms with Crippen LogP contribution in [0.25, 0.3) is 0 Å². The Balaban J connectivity index is 3.27. The number of aliphatic carboxylic acids is 1. The lowest BCUT2D eigenvalue weighted by atomic mass is 10.0. The largest absolute Gasteiger partial charge is 0.480 e. The zero-order chi connectivity index (χ0) is 16.2. The third kappa shape index (κ3) is 3.77. The van der Waals surface area contributed by atoms with E-state index in [9.17, 15) is 17.6 Å². The number of rotatable bonds is 6. The molecule has 0 saturated heterocycles. The number of hydrogen-bond donors (Lipinski definition) is 2. The van der Waals surface area contributed by atoms with Crippen molar-refractivity contribution in [3.05, 3.63) is 29.6 Å². The minimum atomic E-state index is -4.32. The first kappa shape index (κ1) is 17.1. The lowest BCUT2D eigenvalue weighted by Crippen LogP contribution is -2.45. The molecule has 114 valence electrons. The third-order valence-corrected chi connectivity index (χ3v) is 4.62. The van der Waals surface area contributed by atoms with Crippen LogP contribution < -0.4 is 4.72 Å². The Kier molecular flexibility index (Phi) is 5.41. The van der Waals surface area contributed by atoms with E-state index in [2.05, 4.69) is 0 Å². The molecule has 0 amide bonds. The Morgan fingerprint density at radius 3 is 2.62 bits per heavy atom. The number of hydrogen-bond acceptors (Lipinski definition) is 4. The summed E-state index contributed by atoms with van der Waals surface area (Å²) in [6.45, 7) is 3.30. The molecule has 2 N–H and O–H groups in total. The van der Waals surface area contributed by atoms with Crippen molar-refractivity contribution in [3.8, 4) is 6.07 Å². The van der Waals surface area contributed by atoms with Crippen LogP contribution in [0.5, 0.6) is 0 Å². The van der Waals surface area contributed by atoms with Gasteiger partial charge >= 0.3 is 5.97 Å². The van der Waals surface area contributed by atoms with Crippen LogP contribution in [0.15, 0.2) is 23.1 Å². The van der Waals surface area contributed by atoms with Gasteiger partial charge in [-0.25, -0.2) is 12.8 Å². The summed E-state index contributed by atoms with van der Waals surface area (Å²) in [5, 5.41) is 18.0. The first-order chi connectivity index (χ1) is 9.74. The van der Waals surface area contributed by atoms with Gasteiger partial charge in [0.1, 0.15) is 28.4 Å². The predicted octanol–water partition coefficient (Wildman–Crippen LogP) is 1.47. The van der Waals surface area contributed by atoms with Crippen molar-refractivity contribution in [2.75, 3.05) is 0 Å². The number of carboxylic acids is 1. The van der Waals surface area contributed by atoms with Crippen molar-refractivity contribution >= 4 is 16.0 Å². The molecule has 1 aromatic carbocycles. The van der Waals surface area contributed by atoms with Gasteiger partial charge in [-0.2, -0.15) is 9.98 Å². The highest BCUT2D eigenvalue weighted by molar-refractivity contribution is 7.89. The second-order valence-electron chi connectivity index (χ2n) is 4.55. The van der Waals surface area contributed by atoms with E-state index in [1.807, 2.05) is 4.72 Å². The van der Waals surface area contributed by atoms with Gasteiger partial charge in [0, 0.05) is 0 Å². The Morgan fingerprint density at radius 2 is 2.14 bits per heavy atom. The number of carboxylic acid groups (broad SMARTS) is 1. The topological polar surface area (TPSA) is 107 Å². The van der Waals surface area contributed by atoms with Gasteiger partial charge in [-0.05, 0) is 18.1 Å².